The van der Waals surface area contributed by atoms with E-state index in [-0.39, 0.29) is 35.6 Å². The predicted octanol–water partition coefficient (Wildman–Crippen LogP) is 1.51. The number of amides is 4. The zero-order valence-electron chi connectivity index (χ0n) is 15.4. The summed E-state index contributed by atoms with van der Waals surface area (Å²) in [6.45, 7) is 0. The van der Waals surface area contributed by atoms with Gasteiger partial charge in [-0.05, 0) is 42.5 Å². The zero-order chi connectivity index (χ0) is 21.0. The molecular weight excluding hydrogens is 378 g/mol. The number of benzene rings is 2. The van der Waals surface area contributed by atoms with Gasteiger partial charge in [-0.1, -0.05) is 0 Å². The lowest BCUT2D eigenvalue weighted by Gasteiger charge is -2.15. The second kappa shape index (κ2) is 8.34. The maximum atomic E-state index is 12.1. The lowest BCUT2D eigenvalue weighted by molar-refractivity contribution is -0.121. The number of rotatable bonds is 6. The normalized spacial score (nSPS) is 12.7. The molecule has 0 atom stereocenters. The molecule has 0 fully saturated rings. The average molecular weight is 395 g/mol. The summed E-state index contributed by atoms with van der Waals surface area (Å²) in [7, 11) is 1.54. The highest BCUT2D eigenvalue weighted by Gasteiger charge is 2.30. The van der Waals surface area contributed by atoms with Gasteiger partial charge in [0, 0.05) is 29.8 Å². The fourth-order valence-corrected chi connectivity index (χ4v) is 2.71. The standard InChI is InChI=1S/C20H17N3O6/c1-29-13-5-2-11(3-6-13)21-16(24)8-9-17(25)22-12-4-7-14-15(10-12)18(26)20(28)23-19(14)27/h2-7,10H,8-9H2,1H3,(H,21,24)(H,22,25)(H,23,27,28). The number of carbonyl (C=O) groups is 5. The summed E-state index contributed by atoms with van der Waals surface area (Å²) in [6.07, 6.45) is -0.144. The van der Waals surface area contributed by atoms with Crippen molar-refractivity contribution in [2.45, 2.75) is 12.8 Å². The Morgan fingerprint density at radius 2 is 1.41 bits per heavy atom. The first-order valence-electron chi connectivity index (χ1n) is 8.65. The molecule has 0 bridgehead atoms. The maximum Gasteiger partial charge on any atom is 0.299 e. The van der Waals surface area contributed by atoms with Gasteiger partial charge < -0.3 is 15.4 Å². The molecule has 0 radical (unpaired) electrons. The number of hydrogen-bond acceptors (Lipinski definition) is 6. The molecule has 3 rings (SSSR count). The fraction of sp³-hybridized carbons (Fsp3) is 0.150. The Balaban J connectivity index is 1.55. The van der Waals surface area contributed by atoms with E-state index >= 15 is 0 Å². The Morgan fingerprint density at radius 1 is 0.828 bits per heavy atom. The van der Waals surface area contributed by atoms with E-state index in [2.05, 4.69) is 10.6 Å². The van der Waals surface area contributed by atoms with Crippen molar-refractivity contribution in [3.05, 3.63) is 53.6 Å². The monoisotopic (exact) mass is 395 g/mol. The lowest BCUT2D eigenvalue weighted by Crippen LogP contribution is -2.42. The van der Waals surface area contributed by atoms with Crippen molar-refractivity contribution >= 4 is 40.8 Å². The number of ketones is 1. The first-order valence-corrected chi connectivity index (χ1v) is 8.65. The Kier molecular flexibility index (Phi) is 5.68. The molecule has 148 valence electrons. The van der Waals surface area contributed by atoms with Crippen LogP contribution in [0.1, 0.15) is 33.6 Å². The van der Waals surface area contributed by atoms with Crippen LogP contribution in [0.25, 0.3) is 0 Å². The van der Waals surface area contributed by atoms with Gasteiger partial charge in [-0.2, -0.15) is 0 Å². The van der Waals surface area contributed by atoms with Crippen LogP contribution >= 0.6 is 0 Å². The van der Waals surface area contributed by atoms with E-state index < -0.39 is 23.5 Å². The lowest BCUT2D eigenvalue weighted by atomic mass is 9.98. The van der Waals surface area contributed by atoms with E-state index in [1.54, 1.807) is 24.3 Å². The van der Waals surface area contributed by atoms with Crippen LogP contribution in [0.3, 0.4) is 0 Å². The minimum absolute atomic E-state index is 0.0530. The molecule has 4 amide bonds. The van der Waals surface area contributed by atoms with Crippen LogP contribution in [0, 0.1) is 0 Å². The number of Topliss-reactive ketones (excluding diaryl/α,β-unsaturated/α-hetero) is 1. The second-order valence-corrected chi connectivity index (χ2v) is 6.20. The number of imide groups is 1. The van der Waals surface area contributed by atoms with Gasteiger partial charge in [0.25, 0.3) is 17.6 Å². The molecule has 1 aliphatic heterocycles. The predicted molar refractivity (Wildman–Crippen MR) is 103 cm³/mol. The fourth-order valence-electron chi connectivity index (χ4n) is 2.71. The minimum Gasteiger partial charge on any atom is -0.497 e. The summed E-state index contributed by atoms with van der Waals surface area (Å²) in [6, 6.07) is 10.8. The molecule has 0 saturated carbocycles. The van der Waals surface area contributed by atoms with Gasteiger partial charge in [0.15, 0.2) is 0 Å². The number of nitrogens with one attached hydrogen (secondary N) is 3. The molecule has 0 saturated heterocycles. The third-order valence-corrected chi connectivity index (χ3v) is 4.18. The zero-order valence-corrected chi connectivity index (χ0v) is 15.4. The number of carbonyl (C=O) groups excluding carboxylic acids is 5. The number of ether oxygens (including phenoxy) is 1. The van der Waals surface area contributed by atoms with Crippen molar-refractivity contribution in [1.82, 2.24) is 5.32 Å². The highest BCUT2D eigenvalue weighted by Crippen LogP contribution is 2.20. The summed E-state index contributed by atoms with van der Waals surface area (Å²) >= 11 is 0. The van der Waals surface area contributed by atoms with Crippen LogP contribution in [0.4, 0.5) is 11.4 Å². The van der Waals surface area contributed by atoms with Gasteiger partial charge in [-0.25, -0.2) is 0 Å². The van der Waals surface area contributed by atoms with E-state index in [4.69, 9.17) is 4.74 Å². The van der Waals surface area contributed by atoms with E-state index in [1.807, 2.05) is 5.32 Å². The third kappa shape index (κ3) is 4.64. The Morgan fingerprint density at radius 3 is 2.03 bits per heavy atom. The van der Waals surface area contributed by atoms with Crippen LogP contribution < -0.4 is 20.7 Å². The smallest absolute Gasteiger partial charge is 0.299 e. The number of hydrogen-bond donors (Lipinski definition) is 3. The van der Waals surface area contributed by atoms with Gasteiger partial charge in [-0.15, -0.1) is 0 Å². The quantitative estimate of drug-likeness (QED) is 0.502. The Bertz CT molecular complexity index is 1010. The number of anilines is 2. The second-order valence-electron chi connectivity index (χ2n) is 6.20. The molecule has 9 nitrogen and oxygen atoms in total. The largest absolute Gasteiger partial charge is 0.497 e. The minimum atomic E-state index is -1.01. The topological polar surface area (TPSA) is 131 Å². The molecule has 2 aromatic rings. The maximum absolute atomic E-state index is 12.1. The van der Waals surface area contributed by atoms with Gasteiger partial charge in [0.2, 0.25) is 11.8 Å². The summed E-state index contributed by atoms with van der Waals surface area (Å²) in [5.41, 5.74) is 0.813. The van der Waals surface area contributed by atoms with Gasteiger partial charge in [0.1, 0.15) is 5.75 Å². The molecule has 0 spiro atoms. The molecule has 1 heterocycles. The molecule has 1 aliphatic rings. The van der Waals surface area contributed by atoms with Crippen LogP contribution in [0.5, 0.6) is 5.75 Å². The first kappa shape index (κ1) is 19.7. The molecule has 0 aromatic heterocycles. The number of methoxy groups -OCH3 is 1. The van der Waals surface area contributed by atoms with Crippen LogP contribution in [-0.2, 0) is 14.4 Å². The highest BCUT2D eigenvalue weighted by molar-refractivity contribution is 6.49. The SMILES string of the molecule is COc1ccc(NC(=O)CCC(=O)Nc2ccc3c(c2)C(=O)C(=O)NC3=O)cc1. The third-order valence-electron chi connectivity index (χ3n) is 4.18. The molecule has 0 aliphatic carbocycles. The van der Waals surface area contributed by atoms with Crippen LogP contribution in [0.2, 0.25) is 0 Å². The van der Waals surface area contributed by atoms with Gasteiger partial charge in [-0.3, -0.25) is 29.3 Å². The summed E-state index contributed by atoms with van der Waals surface area (Å²) in [5, 5.41) is 7.15. The molecule has 3 N–H and O–H groups in total. The highest BCUT2D eigenvalue weighted by atomic mass is 16.5. The van der Waals surface area contributed by atoms with E-state index in [0.29, 0.717) is 11.4 Å². The van der Waals surface area contributed by atoms with Crippen molar-refractivity contribution < 1.29 is 28.7 Å². The first-order chi connectivity index (χ1) is 13.9. The van der Waals surface area contributed by atoms with Crippen molar-refractivity contribution in [2.75, 3.05) is 17.7 Å². The van der Waals surface area contributed by atoms with Crippen molar-refractivity contribution in [1.29, 1.82) is 0 Å². The van der Waals surface area contributed by atoms with E-state index in [1.165, 1.54) is 25.3 Å². The van der Waals surface area contributed by atoms with Crippen LogP contribution in [0.15, 0.2) is 42.5 Å². The molecular formula is C20H17N3O6. The van der Waals surface area contributed by atoms with Gasteiger partial charge in [0.05, 0.1) is 12.7 Å². The average Bonchev–Trinajstić information content (AvgIpc) is 2.71. The summed E-state index contributed by atoms with van der Waals surface area (Å²) in [5.74, 6) is -2.67. The molecule has 0 unspecified atom stereocenters. The molecule has 9 heteroatoms. The molecule has 2 aromatic carbocycles. The van der Waals surface area contributed by atoms with Crippen molar-refractivity contribution in [3.8, 4) is 5.75 Å². The van der Waals surface area contributed by atoms with E-state index in [0.717, 1.165) is 0 Å². The van der Waals surface area contributed by atoms with Crippen LogP contribution in [-0.4, -0.2) is 36.5 Å². The number of fused-ring (bicyclic) bond motifs is 1. The Hall–Kier alpha value is -4.01. The van der Waals surface area contributed by atoms with E-state index in [9.17, 15) is 24.0 Å². The summed E-state index contributed by atoms with van der Waals surface area (Å²) in [4.78, 5) is 59.1. The summed E-state index contributed by atoms with van der Waals surface area (Å²) < 4.78 is 5.04. The van der Waals surface area contributed by atoms with Gasteiger partial charge >= 0.3 is 0 Å². The Labute approximate surface area is 165 Å². The van der Waals surface area contributed by atoms with Crippen molar-refractivity contribution in [3.63, 3.8) is 0 Å². The van der Waals surface area contributed by atoms with Crippen molar-refractivity contribution in [2.24, 2.45) is 0 Å². The molecule has 29 heavy (non-hydrogen) atoms.